The van der Waals surface area contributed by atoms with Crippen molar-refractivity contribution in [3.05, 3.63) is 59.7 Å². The van der Waals surface area contributed by atoms with Crippen molar-refractivity contribution in [2.45, 2.75) is 44.6 Å². The molecule has 4 heterocycles. The summed E-state index contributed by atoms with van der Waals surface area (Å²) < 4.78 is 12.3. The molecule has 2 aliphatic rings. The minimum absolute atomic E-state index is 0.0179. The molecule has 2 aromatic heterocycles. The van der Waals surface area contributed by atoms with Gasteiger partial charge in [0.25, 0.3) is 0 Å². The molecule has 5 heteroatoms. The van der Waals surface area contributed by atoms with Gasteiger partial charge in [0.2, 0.25) is 0 Å². The Morgan fingerprint density at radius 1 is 1.24 bits per heavy atom. The molecule has 0 saturated carbocycles. The maximum absolute atomic E-state index is 6.14. The van der Waals surface area contributed by atoms with Crippen LogP contribution in [0.5, 0.6) is 0 Å². The summed E-state index contributed by atoms with van der Waals surface area (Å²) in [6.07, 6.45) is 5.92. The number of nitrogens with zero attached hydrogens (tertiary/aromatic N) is 3. The molecule has 25 heavy (non-hydrogen) atoms. The first kappa shape index (κ1) is 16.6. The molecule has 1 spiro atoms. The van der Waals surface area contributed by atoms with Crippen molar-refractivity contribution in [3.63, 3.8) is 0 Å². The van der Waals surface area contributed by atoms with Crippen LogP contribution >= 0.6 is 0 Å². The molecular formula is C20H25N3O2. The fourth-order valence-corrected chi connectivity index (χ4v) is 3.86. The zero-order valence-corrected chi connectivity index (χ0v) is 14.7. The number of ether oxygens (including phenoxy) is 2. The quantitative estimate of drug-likeness (QED) is 0.838. The Hall–Kier alpha value is -1.82. The van der Waals surface area contributed by atoms with Gasteiger partial charge in [-0.2, -0.15) is 0 Å². The molecular weight excluding hydrogens is 314 g/mol. The maximum Gasteiger partial charge on any atom is 0.0959 e. The van der Waals surface area contributed by atoms with Gasteiger partial charge in [0.1, 0.15) is 0 Å². The van der Waals surface area contributed by atoms with Crippen molar-refractivity contribution in [1.82, 2.24) is 14.9 Å². The van der Waals surface area contributed by atoms with Gasteiger partial charge < -0.3 is 9.47 Å². The van der Waals surface area contributed by atoms with Crippen molar-refractivity contribution in [3.8, 4) is 0 Å². The number of hydrogen-bond acceptors (Lipinski definition) is 5. The lowest BCUT2D eigenvalue weighted by molar-refractivity contribution is -0.200. The minimum Gasteiger partial charge on any atom is -0.372 e. The molecule has 4 rings (SSSR count). The lowest BCUT2D eigenvalue weighted by Crippen LogP contribution is -2.65. The molecule has 5 nitrogen and oxygen atoms in total. The Morgan fingerprint density at radius 2 is 2.08 bits per heavy atom. The van der Waals surface area contributed by atoms with Gasteiger partial charge in [-0.25, -0.2) is 0 Å². The van der Waals surface area contributed by atoms with E-state index >= 15 is 0 Å². The standard InChI is InChI=1S/C20H25N3O2/c1-16-3-2-4-18(22-16)13-24-19-7-10-25-20(11-19)14-23(15-20)12-17-5-8-21-9-6-17/h2-6,8-9,19H,7,10-15H2,1H3. The topological polar surface area (TPSA) is 47.5 Å². The third kappa shape index (κ3) is 4.06. The van der Waals surface area contributed by atoms with Crippen LogP contribution in [0, 0.1) is 6.92 Å². The highest BCUT2D eigenvalue weighted by Crippen LogP contribution is 2.36. The summed E-state index contributed by atoms with van der Waals surface area (Å²) in [7, 11) is 0. The average Bonchev–Trinajstić information content (AvgIpc) is 2.60. The third-order valence-corrected chi connectivity index (χ3v) is 5.04. The van der Waals surface area contributed by atoms with Gasteiger partial charge >= 0.3 is 0 Å². The van der Waals surface area contributed by atoms with Crippen molar-refractivity contribution in [2.75, 3.05) is 19.7 Å². The van der Waals surface area contributed by atoms with Crippen LogP contribution in [0.2, 0.25) is 0 Å². The fraction of sp³-hybridized carbons (Fsp3) is 0.500. The van der Waals surface area contributed by atoms with Gasteiger partial charge in [-0.15, -0.1) is 0 Å². The molecule has 0 aliphatic carbocycles. The van der Waals surface area contributed by atoms with Gasteiger partial charge in [0, 0.05) is 50.7 Å². The number of aryl methyl sites for hydroxylation is 1. The molecule has 2 fully saturated rings. The lowest BCUT2D eigenvalue weighted by Gasteiger charge is -2.53. The summed E-state index contributed by atoms with van der Waals surface area (Å²) in [6.45, 7) is 6.32. The van der Waals surface area contributed by atoms with E-state index in [-0.39, 0.29) is 11.7 Å². The highest BCUT2D eigenvalue weighted by molar-refractivity contribution is 5.12. The number of likely N-dealkylation sites (tertiary alicyclic amines) is 1. The zero-order chi connectivity index (χ0) is 17.1. The van der Waals surface area contributed by atoms with Crippen LogP contribution in [0.1, 0.15) is 29.8 Å². The van der Waals surface area contributed by atoms with E-state index in [0.29, 0.717) is 6.61 Å². The number of aromatic nitrogens is 2. The number of rotatable bonds is 5. The van der Waals surface area contributed by atoms with Gasteiger partial charge in [0.15, 0.2) is 0 Å². The highest BCUT2D eigenvalue weighted by Gasteiger charge is 2.47. The Labute approximate surface area is 149 Å². The molecule has 132 valence electrons. The summed E-state index contributed by atoms with van der Waals surface area (Å²) in [4.78, 5) is 11.0. The highest BCUT2D eigenvalue weighted by atomic mass is 16.5. The summed E-state index contributed by atoms with van der Waals surface area (Å²) >= 11 is 0. The van der Waals surface area contributed by atoms with Gasteiger partial charge in [-0.3, -0.25) is 14.9 Å². The molecule has 1 atom stereocenters. The summed E-state index contributed by atoms with van der Waals surface area (Å²) in [5.74, 6) is 0. The van der Waals surface area contributed by atoms with E-state index in [1.165, 1.54) is 5.56 Å². The molecule has 0 aromatic carbocycles. The molecule has 2 aromatic rings. The first-order valence-corrected chi connectivity index (χ1v) is 9.00. The van der Waals surface area contributed by atoms with Crippen molar-refractivity contribution in [2.24, 2.45) is 0 Å². The molecule has 1 unspecified atom stereocenters. The van der Waals surface area contributed by atoms with E-state index in [9.17, 15) is 0 Å². The Bertz CT molecular complexity index is 701. The SMILES string of the molecule is Cc1cccc(COC2CCOC3(C2)CN(Cc2ccncc2)C3)n1. The van der Waals surface area contributed by atoms with Gasteiger partial charge in [0.05, 0.1) is 24.0 Å². The van der Waals surface area contributed by atoms with E-state index in [0.717, 1.165) is 50.5 Å². The van der Waals surface area contributed by atoms with Crippen LogP contribution in [0.4, 0.5) is 0 Å². The fourth-order valence-electron chi connectivity index (χ4n) is 3.86. The minimum atomic E-state index is -0.0179. The maximum atomic E-state index is 6.14. The van der Waals surface area contributed by atoms with Crippen LogP contribution in [0.25, 0.3) is 0 Å². The summed E-state index contributed by atoms with van der Waals surface area (Å²) in [5.41, 5.74) is 3.33. The first-order valence-electron chi connectivity index (χ1n) is 9.00. The average molecular weight is 339 g/mol. The molecule has 0 N–H and O–H groups in total. The molecule has 0 bridgehead atoms. The lowest BCUT2D eigenvalue weighted by atomic mass is 9.84. The van der Waals surface area contributed by atoms with Crippen molar-refractivity contribution in [1.29, 1.82) is 0 Å². The van der Waals surface area contributed by atoms with Crippen molar-refractivity contribution >= 4 is 0 Å². The van der Waals surface area contributed by atoms with Crippen LogP contribution in [0.3, 0.4) is 0 Å². The van der Waals surface area contributed by atoms with E-state index in [1.807, 2.05) is 37.5 Å². The second kappa shape index (κ2) is 7.20. The van der Waals surface area contributed by atoms with Crippen LogP contribution < -0.4 is 0 Å². The van der Waals surface area contributed by atoms with Crippen LogP contribution in [0.15, 0.2) is 42.7 Å². The largest absolute Gasteiger partial charge is 0.372 e. The zero-order valence-electron chi connectivity index (χ0n) is 14.7. The Morgan fingerprint density at radius 3 is 2.88 bits per heavy atom. The Balaban J connectivity index is 1.27. The number of pyridine rings is 2. The molecule has 2 saturated heterocycles. The van der Waals surface area contributed by atoms with E-state index in [2.05, 4.69) is 27.0 Å². The molecule has 0 radical (unpaired) electrons. The van der Waals surface area contributed by atoms with Crippen LogP contribution in [-0.4, -0.2) is 46.3 Å². The van der Waals surface area contributed by atoms with Gasteiger partial charge in [-0.1, -0.05) is 6.07 Å². The molecule has 2 aliphatic heterocycles. The predicted octanol–water partition coefficient (Wildman–Crippen LogP) is 2.74. The Kier molecular flexibility index (Phi) is 4.79. The van der Waals surface area contributed by atoms with Gasteiger partial charge in [-0.05, 0) is 43.2 Å². The van der Waals surface area contributed by atoms with Crippen LogP contribution in [-0.2, 0) is 22.6 Å². The normalized spacial score (nSPS) is 22.7. The van der Waals surface area contributed by atoms with E-state index in [1.54, 1.807) is 0 Å². The predicted molar refractivity (Wildman–Crippen MR) is 95.0 cm³/mol. The first-order chi connectivity index (χ1) is 12.2. The number of hydrogen-bond donors (Lipinski definition) is 0. The summed E-state index contributed by atoms with van der Waals surface area (Å²) in [5, 5.41) is 0. The second-order valence-corrected chi connectivity index (χ2v) is 7.23. The molecule has 0 amide bonds. The second-order valence-electron chi connectivity index (χ2n) is 7.23. The monoisotopic (exact) mass is 339 g/mol. The smallest absolute Gasteiger partial charge is 0.0959 e. The van der Waals surface area contributed by atoms with Crippen molar-refractivity contribution < 1.29 is 9.47 Å². The van der Waals surface area contributed by atoms with E-state index in [4.69, 9.17) is 9.47 Å². The summed E-state index contributed by atoms with van der Waals surface area (Å²) in [6, 6.07) is 10.2. The third-order valence-electron chi connectivity index (χ3n) is 5.04. The van der Waals surface area contributed by atoms with E-state index < -0.39 is 0 Å².